The van der Waals surface area contributed by atoms with E-state index in [-0.39, 0.29) is 39.2 Å². The molecule has 0 aliphatic rings. The number of ether oxygens (including phenoxy) is 1. The molecule has 15 heteroatoms. The molecule has 2 atom stereocenters. The summed E-state index contributed by atoms with van der Waals surface area (Å²) >= 11 is 5.95. The van der Waals surface area contributed by atoms with Crippen LogP contribution in [-0.2, 0) is 30.4 Å². The number of phenolic OH excluding ortho intramolecular Hbond substituents is 1. The molecule has 0 saturated heterocycles. The van der Waals surface area contributed by atoms with E-state index in [9.17, 15) is 31.8 Å². The Morgan fingerprint density at radius 2 is 1.73 bits per heavy atom. The smallest absolute Gasteiger partial charge is 0.249 e. The molecule has 0 spiro atoms. The van der Waals surface area contributed by atoms with Crippen LogP contribution < -0.4 is 25.2 Å². The van der Waals surface area contributed by atoms with Crippen molar-refractivity contribution in [1.29, 1.82) is 0 Å². The molecular formula is C25H29ClN4O8S2. The number of methoxy groups -OCH3 is 1. The number of nitrogens with two attached hydrogens (primary N) is 1. The predicted octanol–water partition coefficient (Wildman–Crippen LogP) is 2.25. The van der Waals surface area contributed by atoms with Crippen LogP contribution in [-0.4, -0.2) is 52.9 Å². The predicted molar refractivity (Wildman–Crippen MR) is 151 cm³/mol. The number of carbonyl (C=O) groups excluding carboxylic acids is 1. The Morgan fingerprint density at radius 3 is 2.30 bits per heavy atom. The van der Waals surface area contributed by atoms with E-state index in [1.54, 1.807) is 31.2 Å². The molecule has 0 aliphatic carbocycles. The normalized spacial score (nSPS) is 14.2. The van der Waals surface area contributed by atoms with Crippen LogP contribution in [0.4, 0.5) is 11.4 Å². The maximum atomic E-state index is 13.6. The second-order valence-corrected chi connectivity index (χ2v) is 12.7. The van der Waals surface area contributed by atoms with Gasteiger partial charge in [0.1, 0.15) is 21.9 Å². The van der Waals surface area contributed by atoms with Crippen molar-refractivity contribution in [2.75, 3.05) is 29.9 Å². The molecule has 40 heavy (non-hydrogen) atoms. The zero-order chi connectivity index (χ0) is 29.9. The maximum absolute atomic E-state index is 13.6. The Labute approximate surface area is 237 Å². The van der Waals surface area contributed by atoms with Gasteiger partial charge in [0.15, 0.2) is 0 Å². The van der Waals surface area contributed by atoms with E-state index in [0.717, 1.165) is 12.3 Å². The minimum Gasteiger partial charge on any atom is -0.506 e. The summed E-state index contributed by atoms with van der Waals surface area (Å²) in [6, 6.07) is 14.3. The third kappa shape index (κ3) is 7.62. The molecule has 3 rings (SSSR count). The van der Waals surface area contributed by atoms with Gasteiger partial charge in [0.2, 0.25) is 26.0 Å². The van der Waals surface area contributed by atoms with E-state index in [1.807, 2.05) is 0 Å². The van der Waals surface area contributed by atoms with E-state index in [0.29, 0.717) is 11.3 Å². The maximum Gasteiger partial charge on any atom is 0.249 e. The van der Waals surface area contributed by atoms with Crippen molar-refractivity contribution in [2.24, 2.45) is 5.14 Å². The zero-order valence-electron chi connectivity index (χ0n) is 21.7. The number of benzene rings is 3. The second-order valence-electron chi connectivity index (χ2n) is 9.05. The van der Waals surface area contributed by atoms with Gasteiger partial charge >= 0.3 is 0 Å². The molecule has 216 valence electrons. The van der Waals surface area contributed by atoms with Crippen LogP contribution in [0.25, 0.3) is 0 Å². The fraction of sp³-hybridized carbons (Fsp3) is 0.240. The summed E-state index contributed by atoms with van der Waals surface area (Å²) in [7, 11) is -6.37. The van der Waals surface area contributed by atoms with Crippen molar-refractivity contribution in [3.05, 3.63) is 76.8 Å². The lowest BCUT2D eigenvalue weighted by Gasteiger charge is -2.31. The summed E-state index contributed by atoms with van der Waals surface area (Å²) in [5, 5.41) is 31.7. The number of primary sulfonamides is 1. The highest BCUT2D eigenvalue weighted by Crippen LogP contribution is 2.31. The minimum atomic E-state index is -4.16. The van der Waals surface area contributed by atoms with E-state index in [2.05, 4.69) is 15.4 Å². The summed E-state index contributed by atoms with van der Waals surface area (Å²) < 4.78 is 54.4. The molecule has 0 heterocycles. The van der Waals surface area contributed by atoms with E-state index in [4.69, 9.17) is 21.5 Å². The van der Waals surface area contributed by atoms with Gasteiger partial charge in [0, 0.05) is 12.2 Å². The lowest BCUT2D eigenvalue weighted by Crippen LogP contribution is -2.51. The van der Waals surface area contributed by atoms with Crippen LogP contribution in [0.2, 0.25) is 5.02 Å². The molecule has 3 aromatic carbocycles. The fourth-order valence-corrected chi connectivity index (χ4v) is 5.39. The fourth-order valence-electron chi connectivity index (χ4n) is 3.75. The van der Waals surface area contributed by atoms with Gasteiger partial charge in [-0.25, -0.2) is 22.0 Å². The van der Waals surface area contributed by atoms with Crippen molar-refractivity contribution >= 4 is 48.9 Å². The van der Waals surface area contributed by atoms with Crippen LogP contribution in [0, 0.1) is 0 Å². The average Bonchev–Trinajstić information content (AvgIpc) is 2.88. The summed E-state index contributed by atoms with van der Waals surface area (Å²) in [6.45, 7) is 1.36. The van der Waals surface area contributed by atoms with Gasteiger partial charge in [-0.15, -0.1) is 0 Å². The number of nitrogens with one attached hydrogen (secondary N) is 3. The highest BCUT2D eigenvalue weighted by molar-refractivity contribution is 7.92. The number of sulfonamides is 2. The molecule has 0 aromatic heterocycles. The van der Waals surface area contributed by atoms with E-state index in [1.165, 1.54) is 37.4 Å². The van der Waals surface area contributed by atoms with Crippen LogP contribution in [0.3, 0.4) is 0 Å². The van der Waals surface area contributed by atoms with Crippen molar-refractivity contribution in [1.82, 2.24) is 5.32 Å². The average molecular weight is 613 g/mol. The first-order valence-electron chi connectivity index (χ1n) is 11.6. The third-order valence-electron chi connectivity index (χ3n) is 5.97. The van der Waals surface area contributed by atoms with Crippen LogP contribution in [0.15, 0.2) is 65.6 Å². The molecule has 7 N–H and O–H groups in total. The number of aromatic hydroxyl groups is 1. The lowest BCUT2D eigenvalue weighted by molar-refractivity contribution is -0.122. The Bertz CT molecular complexity index is 1620. The quantitative estimate of drug-likeness (QED) is 0.176. The number of phenols is 1. The van der Waals surface area contributed by atoms with E-state index >= 15 is 0 Å². The van der Waals surface area contributed by atoms with Gasteiger partial charge < -0.3 is 20.3 Å². The number of halogens is 1. The molecule has 0 radical (unpaired) electrons. The first-order valence-corrected chi connectivity index (χ1v) is 15.4. The van der Waals surface area contributed by atoms with Gasteiger partial charge in [-0.05, 0) is 60.5 Å². The number of hydrogen-bond acceptors (Lipinski definition) is 9. The molecular weight excluding hydrogens is 584 g/mol. The number of hydrogen-bond donors (Lipinski definition) is 6. The number of carbonyl (C=O) groups is 1. The van der Waals surface area contributed by atoms with Crippen LogP contribution in [0.5, 0.6) is 11.5 Å². The van der Waals surface area contributed by atoms with Crippen LogP contribution >= 0.6 is 11.6 Å². The lowest BCUT2D eigenvalue weighted by atomic mass is 9.90. The summed E-state index contributed by atoms with van der Waals surface area (Å²) in [6.07, 6.45) is -0.321. The van der Waals surface area contributed by atoms with E-state index < -0.39 is 37.6 Å². The van der Waals surface area contributed by atoms with Crippen molar-refractivity contribution in [3.8, 4) is 11.5 Å². The van der Waals surface area contributed by atoms with Gasteiger partial charge in [-0.3, -0.25) is 14.8 Å². The van der Waals surface area contributed by atoms with Gasteiger partial charge in [0.25, 0.3) is 0 Å². The molecule has 0 aliphatic heterocycles. The summed E-state index contributed by atoms with van der Waals surface area (Å²) in [5.74, 6) is -0.409. The molecule has 0 fully saturated rings. The SMILES string of the molecule is COc1ccc([C@](C)(NCC(O)c2ccc(O)c(NS(C)(=O)=O)c2)C(=O)Nc2ccc(Cl)c(S(N)(=O)=O)c2)cc1. The first-order chi connectivity index (χ1) is 18.5. The molecule has 1 amide bonds. The highest BCUT2D eigenvalue weighted by atomic mass is 35.5. The molecule has 0 bridgehead atoms. The topological polar surface area (TPSA) is 197 Å². The van der Waals surface area contributed by atoms with Crippen molar-refractivity contribution in [3.63, 3.8) is 0 Å². The molecule has 1 unspecified atom stereocenters. The second kappa shape index (κ2) is 12.0. The van der Waals surface area contributed by atoms with Crippen LogP contribution in [0.1, 0.15) is 24.2 Å². The Morgan fingerprint density at radius 1 is 1.07 bits per heavy atom. The third-order valence-corrected chi connectivity index (χ3v) is 7.95. The van der Waals surface area contributed by atoms with Gasteiger partial charge in [-0.1, -0.05) is 29.8 Å². The molecule has 3 aromatic rings. The highest BCUT2D eigenvalue weighted by Gasteiger charge is 2.36. The first kappa shape index (κ1) is 31.1. The zero-order valence-corrected chi connectivity index (χ0v) is 24.1. The minimum absolute atomic E-state index is 0.107. The Balaban J connectivity index is 1.93. The number of amides is 1. The Hall–Kier alpha value is -3.40. The standard InChI is InChI=1S/C25H29ClN4O8S2/c1-25(16-5-8-18(38-2)9-6-16,24(33)29-17-7-10-19(26)23(13-17)40(27,36)37)28-14-22(32)15-4-11-21(31)20(12-15)30-39(3,34)35/h4-13,22,28,30-32H,14H2,1-3H3,(H,29,33)(H2,27,36,37)/t22?,25-/m0/s1. The summed E-state index contributed by atoms with van der Waals surface area (Å²) in [5.41, 5.74) is -0.772. The number of anilines is 2. The number of rotatable bonds is 11. The number of aliphatic hydroxyl groups excluding tert-OH is 1. The molecule has 12 nitrogen and oxygen atoms in total. The number of aliphatic hydroxyl groups is 1. The van der Waals surface area contributed by atoms with Crippen molar-refractivity contribution in [2.45, 2.75) is 23.5 Å². The van der Waals surface area contributed by atoms with Gasteiger partial charge in [-0.2, -0.15) is 0 Å². The largest absolute Gasteiger partial charge is 0.506 e. The molecule has 0 saturated carbocycles. The monoisotopic (exact) mass is 612 g/mol. The summed E-state index contributed by atoms with van der Waals surface area (Å²) in [4.78, 5) is 13.3. The van der Waals surface area contributed by atoms with Gasteiger partial charge in [0.05, 0.1) is 30.2 Å². The van der Waals surface area contributed by atoms with Crippen molar-refractivity contribution < 1.29 is 36.6 Å². The Kier molecular flexibility index (Phi) is 9.34.